The summed E-state index contributed by atoms with van der Waals surface area (Å²) in [6.45, 7) is -0.503. The molecule has 1 atom stereocenters. The van der Waals surface area contributed by atoms with E-state index in [4.69, 9.17) is 0 Å². The number of fused-ring (bicyclic) bond motifs is 1. The van der Waals surface area contributed by atoms with E-state index in [0.29, 0.717) is 17.0 Å². The van der Waals surface area contributed by atoms with E-state index in [1.807, 2.05) is 0 Å². The lowest BCUT2D eigenvalue weighted by Gasteiger charge is -2.22. The molecule has 0 radical (unpaired) electrons. The predicted octanol–water partition coefficient (Wildman–Crippen LogP) is 3.73. The van der Waals surface area contributed by atoms with E-state index in [1.165, 1.54) is 10.9 Å². The van der Waals surface area contributed by atoms with Crippen LogP contribution in [0.15, 0.2) is 48.7 Å². The first-order valence-corrected chi connectivity index (χ1v) is 7.48. The van der Waals surface area contributed by atoms with Crippen LogP contribution in [0, 0.1) is 11.6 Å². The van der Waals surface area contributed by atoms with Crippen molar-refractivity contribution in [3.63, 3.8) is 0 Å². The number of benzene rings is 2. The Morgan fingerprint density at radius 1 is 1.12 bits per heavy atom. The van der Waals surface area contributed by atoms with Gasteiger partial charge < -0.3 is 5.32 Å². The van der Waals surface area contributed by atoms with E-state index in [2.05, 4.69) is 5.10 Å². The van der Waals surface area contributed by atoms with Crippen LogP contribution in [0.4, 0.5) is 22.0 Å². The van der Waals surface area contributed by atoms with Gasteiger partial charge in [0.05, 0.1) is 11.7 Å². The van der Waals surface area contributed by atoms with Crippen molar-refractivity contribution in [1.82, 2.24) is 15.1 Å². The van der Waals surface area contributed by atoms with Gasteiger partial charge in [-0.05, 0) is 12.1 Å². The van der Waals surface area contributed by atoms with Crippen molar-refractivity contribution in [2.24, 2.45) is 0 Å². The molecule has 3 rings (SSSR count). The van der Waals surface area contributed by atoms with Crippen molar-refractivity contribution >= 4 is 16.8 Å². The van der Waals surface area contributed by atoms with Gasteiger partial charge in [0.15, 0.2) is 17.7 Å². The molecule has 9 heteroatoms. The molecule has 136 valence electrons. The van der Waals surface area contributed by atoms with Crippen LogP contribution in [0.25, 0.3) is 10.9 Å². The van der Waals surface area contributed by atoms with Crippen molar-refractivity contribution in [3.8, 4) is 0 Å². The fourth-order valence-corrected chi connectivity index (χ4v) is 2.57. The number of nitrogens with one attached hydrogen (secondary N) is 1. The fourth-order valence-electron chi connectivity index (χ4n) is 2.57. The molecular formula is C17H12F5N3O. The summed E-state index contributed by atoms with van der Waals surface area (Å²) in [4.78, 5) is 12.1. The summed E-state index contributed by atoms with van der Waals surface area (Å²) in [5.74, 6) is -4.12. The molecule has 0 spiro atoms. The lowest BCUT2D eigenvalue weighted by atomic mass is 10.1. The number of alkyl halides is 3. The number of rotatable bonds is 4. The Balaban J connectivity index is 1.85. The SMILES string of the molecule is O=C(Cn1ncc2ccccc21)NC(c1cccc(F)c1F)C(F)(F)F. The second kappa shape index (κ2) is 6.74. The van der Waals surface area contributed by atoms with Gasteiger partial charge in [-0.1, -0.05) is 30.3 Å². The fraction of sp³-hybridized carbons (Fsp3) is 0.176. The third-order valence-corrected chi connectivity index (χ3v) is 3.77. The Hall–Kier alpha value is -2.97. The number of carbonyl (C=O) groups is 1. The Morgan fingerprint density at radius 2 is 1.85 bits per heavy atom. The molecule has 1 unspecified atom stereocenters. The average molecular weight is 369 g/mol. The van der Waals surface area contributed by atoms with Gasteiger partial charge in [-0.15, -0.1) is 0 Å². The highest BCUT2D eigenvalue weighted by atomic mass is 19.4. The molecule has 1 amide bonds. The molecular weight excluding hydrogens is 357 g/mol. The molecule has 0 aliphatic heterocycles. The minimum absolute atomic E-state index is 0.503. The number of nitrogens with zero attached hydrogens (tertiary/aromatic N) is 2. The molecule has 0 saturated carbocycles. The van der Waals surface area contributed by atoms with Crippen LogP contribution in [-0.2, 0) is 11.3 Å². The van der Waals surface area contributed by atoms with Gasteiger partial charge in [0.1, 0.15) is 6.54 Å². The summed E-state index contributed by atoms with van der Waals surface area (Å²) in [6.07, 6.45) is -3.54. The van der Waals surface area contributed by atoms with E-state index < -0.39 is 41.9 Å². The van der Waals surface area contributed by atoms with Crippen molar-refractivity contribution < 1.29 is 26.7 Å². The normalized spacial score (nSPS) is 13.0. The summed E-state index contributed by atoms with van der Waals surface area (Å²) in [5, 5.41) is 6.37. The van der Waals surface area contributed by atoms with Gasteiger partial charge in [-0.2, -0.15) is 18.3 Å². The first kappa shape index (κ1) is 17.8. The quantitative estimate of drug-likeness (QED) is 0.713. The third-order valence-electron chi connectivity index (χ3n) is 3.77. The predicted molar refractivity (Wildman–Crippen MR) is 83.0 cm³/mol. The molecule has 0 saturated heterocycles. The Morgan fingerprint density at radius 3 is 2.58 bits per heavy atom. The summed E-state index contributed by atoms with van der Waals surface area (Å²) < 4.78 is 68.1. The number of hydrogen-bond donors (Lipinski definition) is 1. The summed E-state index contributed by atoms with van der Waals surface area (Å²) in [7, 11) is 0. The van der Waals surface area contributed by atoms with Crippen LogP contribution >= 0.6 is 0 Å². The van der Waals surface area contributed by atoms with Gasteiger partial charge in [-0.3, -0.25) is 9.48 Å². The first-order chi connectivity index (χ1) is 12.3. The maximum absolute atomic E-state index is 13.8. The maximum Gasteiger partial charge on any atom is 0.412 e. The van der Waals surface area contributed by atoms with E-state index in [1.54, 1.807) is 29.6 Å². The van der Waals surface area contributed by atoms with E-state index in [-0.39, 0.29) is 0 Å². The summed E-state index contributed by atoms with van der Waals surface area (Å²) in [5.41, 5.74) is -0.431. The molecule has 0 aliphatic rings. The molecule has 1 heterocycles. The Kier molecular flexibility index (Phi) is 4.62. The average Bonchev–Trinajstić information content (AvgIpc) is 2.98. The molecule has 0 aliphatic carbocycles. The highest BCUT2D eigenvalue weighted by molar-refractivity contribution is 5.82. The zero-order valence-corrected chi connectivity index (χ0v) is 13.1. The van der Waals surface area contributed by atoms with Gasteiger partial charge >= 0.3 is 6.18 Å². The standard InChI is InChI=1S/C17H12F5N3O/c18-12-6-3-5-11(15(12)19)16(17(20,21)22)24-14(26)9-25-13-7-2-1-4-10(13)8-23-25/h1-8,16H,9H2,(H,24,26). The number of para-hydroxylation sites is 1. The van der Waals surface area contributed by atoms with Crippen molar-refractivity contribution in [3.05, 3.63) is 65.9 Å². The highest BCUT2D eigenvalue weighted by Crippen LogP contribution is 2.34. The number of hydrogen-bond acceptors (Lipinski definition) is 2. The molecule has 2 aromatic carbocycles. The smallest absolute Gasteiger partial charge is 0.339 e. The molecule has 1 aromatic heterocycles. The van der Waals surface area contributed by atoms with Gasteiger partial charge in [0.2, 0.25) is 5.91 Å². The summed E-state index contributed by atoms with van der Waals surface area (Å²) >= 11 is 0. The molecule has 0 fully saturated rings. The summed E-state index contributed by atoms with van der Waals surface area (Å²) in [6, 6.07) is 6.58. The zero-order chi connectivity index (χ0) is 18.9. The lowest BCUT2D eigenvalue weighted by Crippen LogP contribution is -2.40. The third kappa shape index (κ3) is 3.51. The van der Waals surface area contributed by atoms with E-state index >= 15 is 0 Å². The van der Waals surface area contributed by atoms with Gasteiger partial charge in [-0.25, -0.2) is 8.78 Å². The number of aromatic nitrogens is 2. The second-order valence-electron chi connectivity index (χ2n) is 5.55. The molecule has 26 heavy (non-hydrogen) atoms. The number of carbonyl (C=O) groups excluding carboxylic acids is 1. The number of amides is 1. The maximum atomic E-state index is 13.8. The van der Waals surface area contributed by atoms with Crippen LogP contribution in [-0.4, -0.2) is 21.9 Å². The Labute approximate surface area is 144 Å². The minimum Gasteiger partial charge on any atom is -0.339 e. The first-order valence-electron chi connectivity index (χ1n) is 7.48. The van der Waals surface area contributed by atoms with Crippen LogP contribution in [0.2, 0.25) is 0 Å². The van der Waals surface area contributed by atoms with Crippen LogP contribution < -0.4 is 5.32 Å². The van der Waals surface area contributed by atoms with E-state index in [0.717, 1.165) is 12.1 Å². The monoisotopic (exact) mass is 369 g/mol. The minimum atomic E-state index is -5.00. The Bertz CT molecular complexity index is 951. The lowest BCUT2D eigenvalue weighted by molar-refractivity contribution is -0.164. The molecule has 4 nitrogen and oxygen atoms in total. The zero-order valence-electron chi connectivity index (χ0n) is 13.1. The highest BCUT2D eigenvalue weighted by Gasteiger charge is 2.43. The van der Waals surface area contributed by atoms with Crippen LogP contribution in [0.5, 0.6) is 0 Å². The van der Waals surface area contributed by atoms with Crippen LogP contribution in [0.3, 0.4) is 0 Å². The van der Waals surface area contributed by atoms with Crippen molar-refractivity contribution in [2.45, 2.75) is 18.8 Å². The second-order valence-corrected chi connectivity index (χ2v) is 5.55. The molecule has 3 aromatic rings. The van der Waals surface area contributed by atoms with Crippen molar-refractivity contribution in [2.75, 3.05) is 0 Å². The topological polar surface area (TPSA) is 46.9 Å². The molecule has 1 N–H and O–H groups in total. The van der Waals surface area contributed by atoms with Crippen molar-refractivity contribution in [1.29, 1.82) is 0 Å². The van der Waals surface area contributed by atoms with E-state index in [9.17, 15) is 26.7 Å². The largest absolute Gasteiger partial charge is 0.412 e. The molecule has 0 bridgehead atoms. The van der Waals surface area contributed by atoms with Gasteiger partial charge in [0, 0.05) is 10.9 Å². The van der Waals surface area contributed by atoms with Crippen LogP contribution in [0.1, 0.15) is 11.6 Å². The number of halogens is 5. The van der Waals surface area contributed by atoms with Gasteiger partial charge in [0.25, 0.3) is 0 Å².